The third kappa shape index (κ3) is 4.82. The third-order valence-corrected chi connectivity index (χ3v) is 4.22. The minimum atomic E-state index is -0.148. The Balaban J connectivity index is 1.88. The Morgan fingerprint density at radius 2 is 1.88 bits per heavy atom. The van der Waals surface area contributed by atoms with E-state index in [1.165, 1.54) is 11.8 Å². The summed E-state index contributed by atoms with van der Waals surface area (Å²) in [5.74, 6) is 0.780. The molecule has 0 radical (unpaired) electrons. The summed E-state index contributed by atoms with van der Waals surface area (Å²) >= 11 is 1.26. The van der Waals surface area contributed by atoms with Crippen LogP contribution in [0.15, 0.2) is 29.4 Å². The third-order valence-electron chi connectivity index (χ3n) is 3.38. The second-order valence-corrected chi connectivity index (χ2v) is 6.04. The van der Waals surface area contributed by atoms with E-state index in [0.717, 1.165) is 0 Å². The first-order valence-corrected chi connectivity index (χ1v) is 8.73. The second kappa shape index (κ2) is 8.49. The number of aromatic amines is 1. The van der Waals surface area contributed by atoms with Crippen LogP contribution in [0.3, 0.4) is 0 Å². The molecule has 0 aliphatic heterocycles. The van der Waals surface area contributed by atoms with Gasteiger partial charge in [-0.1, -0.05) is 11.8 Å². The van der Waals surface area contributed by atoms with Crippen molar-refractivity contribution in [3.63, 3.8) is 0 Å². The molecule has 1 heterocycles. The summed E-state index contributed by atoms with van der Waals surface area (Å²) in [7, 11) is 0. The van der Waals surface area contributed by atoms with Crippen LogP contribution in [-0.2, 0) is 4.79 Å². The zero-order chi connectivity index (χ0) is 17.5. The maximum absolute atomic E-state index is 12.2. The number of thioether (sulfide) groups is 1. The summed E-state index contributed by atoms with van der Waals surface area (Å²) in [4.78, 5) is 30.0. The number of anilines is 1. The summed E-state index contributed by atoms with van der Waals surface area (Å²) in [5, 5.41) is 10.0. The highest BCUT2D eigenvalue weighted by atomic mass is 32.2. The minimum absolute atomic E-state index is 0.00610. The normalized spacial score (nSPS) is 10.5. The number of rotatable bonds is 7. The zero-order valence-corrected chi connectivity index (χ0v) is 14.8. The van der Waals surface area contributed by atoms with Crippen molar-refractivity contribution in [1.29, 1.82) is 0 Å². The van der Waals surface area contributed by atoms with E-state index in [2.05, 4.69) is 20.5 Å². The predicted molar refractivity (Wildman–Crippen MR) is 94.2 cm³/mol. The lowest BCUT2D eigenvalue weighted by atomic mass is 10.2. The first-order chi connectivity index (χ1) is 11.5. The summed E-state index contributed by atoms with van der Waals surface area (Å²) in [6.07, 6.45) is 0. The van der Waals surface area contributed by atoms with Crippen molar-refractivity contribution in [3.05, 3.63) is 35.7 Å². The number of H-pyrrole nitrogens is 1. The lowest BCUT2D eigenvalue weighted by Crippen LogP contribution is -2.30. The summed E-state index contributed by atoms with van der Waals surface area (Å²) in [6, 6.07) is 6.91. The maximum Gasteiger partial charge on any atom is 0.253 e. The molecule has 0 bridgehead atoms. The molecule has 0 saturated carbocycles. The molecule has 2 aromatic rings. The molecule has 0 spiro atoms. The molecule has 7 nitrogen and oxygen atoms in total. The average Bonchev–Trinajstić information content (AvgIpc) is 3.00. The van der Waals surface area contributed by atoms with Crippen LogP contribution in [-0.4, -0.2) is 50.7 Å². The van der Waals surface area contributed by atoms with Gasteiger partial charge in [-0.05, 0) is 45.0 Å². The van der Waals surface area contributed by atoms with Gasteiger partial charge in [0, 0.05) is 24.3 Å². The molecule has 128 valence electrons. The fourth-order valence-corrected chi connectivity index (χ4v) is 2.75. The molecule has 2 rings (SSSR count). The lowest BCUT2D eigenvalue weighted by Gasteiger charge is -2.18. The molecule has 0 saturated heterocycles. The second-order valence-electron chi connectivity index (χ2n) is 5.10. The van der Waals surface area contributed by atoms with Crippen LogP contribution in [0.4, 0.5) is 5.69 Å². The van der Waals surface area contributed by atoms with Gasteiger partial charge in [-0.25, -0.2) is 4.98 Å². The van der Waals surface area contributed by atoms with Gasteiger partial charge in [-0.2, -0.15) is 0 Å². The van der Waals surface area contributed by atoms with Gasteiger partial charge >= 0.3 is 0 Å². The number of carbonyl (C=O) groups is 2. The summed E-state index contributed by atoms with van der Waals surface area (Å²) < 4.78 is 0. The number of nitrogens with zero attached hydrogens (tertiary/aromatic N) is 3. The molecule has 1 aromatic heterocycles. The van der Waals surface area contributed by atoms with E-state index < -0.39 is 0 Å². The molecule has 1 aromatic carbocycles. The number of hydrogen-bond donors (Lipinski definition) is 2. The van der Waals surface area contributed by atoms with Crippen LogP contribution in [0.5, 0.6) is 0 Å². The van der Waals surface area contributed by atoms with Gasteiger partial charge in [-0.15, -0.1) is 5.10 Å². The van der Waals surface area contributed by atoms with Crippen LogP contribution in [0.1, 0.15) is 30.0 Å². The molecule has 0 atom stereocenters. The van der Waals surface area contributed by atoms with Gasteiger partial charge in [0.05, 0.1) is 5.75 Å². The molecule has 2 amide bonds. The number of benzene rings is 1. The largest absolute Gasteiger partial charge is 0.339 e. The molecule has 24 heavy (non-hydrogen) atoms. The van der Waals surface area contributed by atoms with Crippen molar-refractivity contribution >= 4 is 29.3 Å². The predicted octanol–water partition coefficient (Wildman–Crippen LogP) is 2.33. The quantitative estimate of drug-likeness (QED) is 0.750. The minimum Gasteiger partial charge on any atom is -0.339 e. The van der Waals surface area contributed by atoms with Gasteiger partial charge in [0.15, 0.2) is 0 Å². The Morgan fingerprint density at radius 3 is 2.42 bits per heavy atom. The van der Waals surface area contributed by atoms with E-state index in [1.54, 1.807) is 36.1 Å². The van der Waals surface area contributed by atoms with Crippen LogP contribution < -0.4 is 5.32 Å². The number of carbonyl (C=O) groups excluding carboxylic acids is 2. The van der Waals surface area contributed by atoms with E-state index in [1.807, 2.05) is 13.8 Å². The maximum atomic E-state index is 12.2. The van der Waals surface area contributed by atoms with E-state index in [-0.39, 0.29) is 17.6 Å². The van der Waals surface area contributed by atoms with Crippen LogP contribution in [0.2, 0.25) is 0 Å². The van der Waals surface area contributed by atoms with Gasteiger partial charge in [0.2, 0.25) is 11.1 Å². The first-order valence-electron chi connectivity index (χ1n) is 7.74. The molecule has 0 aliphatic carbocycles. The van der Waals surface area contributed by atoms with Crippen molar-refractivity contribution in [2.24, 2.45) is 0 Å². The smallest absolute Gasteiger partial charge is 0.253 e. The molecule has 2 N–H and O–H groups in total. The Morgan fingerprint density at radius 1 is 1.21 bits per heavy atom. The van der Waals surface area contributed by atoms with Crippen molar-refractivity contribution in [2.45, 2.75) is 25.9 Å². The number of nitrogens with one attached hydrogen (secondary N) is 2. The highest BCUT2D eigenvalue weighted by Gasteiger charge is 2.12. The average molecular weight is 347 g/mol. The summed E-state index contributed by atoms with van der Waals surface area (Å²) in [5.41, 5.74) is 1.27. The Bertz CT molecular complexity index is 695. The van der Waals surface area contributed by atoms with E-state index in [4.69, 9.17) is 0 Å². The number of aryl methyl sites for hydroxylation is 1. The van der Waals surface area contributed by atoms with Crippen LogP contribution >= 0.6 is 11.8 Å². The Kier molecular flexibility index (Phi) is 6.36. The Labute approximate surface area is 145 Å². The molecule has 0 unspecified atom stereocenters. The molecular weight excluding hydrogens is 326 g/mol. The van der Waals surface area contributed by atoms with Gasteiger partial charge in [-0.3, -0.25) is 14.7 Å². The summed E-state index contributed by atoms with van der Waals surface area (Å²) in [6.45, 7) is 7.04. The highest BCUT2D eigenvalue weighted by Crippen LogP contribution is 2.15. The number of hydrogen-bond acceptors (Lipinski definition) is 5. The number of amides is 2. The van der Waals surface area contributed by atoms with Gasteiger partial charge in [0.1, 0.15) is 5.82 Å². The molecular formula is C16H21N5O2S. The van der Waals surface area contributed by atoms with Crippen molar-refractivity contribution in [2.75, 3.05) is 24.2 Å². The lowest BCUT2D eigenvalue weighted by molar-refractivity contribution is -0.113. The van der Waals surface area contributed by atoms with E-state index >= 15 is 0 Å². The van der Waals surface area contributed by atoms with Gasteiger partial charge < -0.3 is 10.2 Å². The first kappa shape index (κ1) is 18.0. The number of aromatic nitrogens is 3. The topological polar surface area (TPSA) is 91.0 Å². The molecule has 8 heteroatoms. The van der Waals surface area contributed by atoms with E-state index in [9.17, 15) is 9.59 Å². The van der Waals surface area contributed by atoms with Crippen molar-refractivity contribution in [3.8, 4) is 0 Å². The Hall–Kier alpha value is -2.35. The fourth-order valence-electron chi connectivity index (χ4n) is 2.10. The molecule has 0 fully saturated rings. The van der Waals surface area contributed by atoms with Crippen LogP contribution in [0.25, 0.3) is 0 Å². The fraction of sp³-hybridized carbons (Fsp3) is 0.375. The van der Waals surface area contributed by atoms with Crippen molar-refractivity contribution < 1.29 is 9.59 Å². The molecule has 0 aliphatic rings. The van der Waals surface area contributed by atoms with Gasteiger partial charge in [0.25, 0.3) is 5.91 Å². The highest BCUT2D eigenvalue weighted by molar-refractivity contribution is 7.99. The van der Waals surface area contributed by atoms with E-state index in [0.29, 0.717) is 35.3 Å². The standard InChI is InChI=1S/C16H21N5O2S/c1-4-21(5-2)15(23)12-6-8-13(9-7-12)18-14(22)10-24-16-17-11(3)19-20-16/h6-9H,4-5,10H2,1-3H3,(H,18,22)(H,17,19,20). The van der Waals surface area contributed by atoms with Crippen molar-refractivity contribution in [1.82, 2.24) is 20.1 Å². The zero-order valence-electron chi connectivity index (χ0n) is 14.0. The SMILES string of the molecule is CCN(CC)C(=O)c1ccc(NC(=O)CSc2n[nH]c(C)n2)cc1. The monoisotopic (exact) mass is 347 g/mol. The van der Waals surface area contributed by atoms with Crippen LogP contribution in [0, 0.1) is 6.92 Å².